The Labute approximate surface area is 105 Å². The fraction of sp³-hybridized carbons (Fsp3) is 0.929. The minimum Gasteiger partial charge on any atom is -0.352 e. The SMILES string of the molecule is C[C@@H]1CC[C@H](N(C)CC(=O)NC2CC2)C[C@H]1C. The molecule has 0 aromatic heterocycles. The van der Waals surface area contributed by atoms with Crippen molar-refractivity contribution in [3.05, 3.63) is 0 Å². The minimum absolute atomic E-state index is 0.210. The van der Waals surface area contributed by atoms with Gasteiger partial charge in [0.2, 0.25) is 5.91 Å². The summed E-state index contributed by atoms with van der Waals surface area (Å²) >= 11 is 0. The molecule has 0 heterocycles. The summed E-state index contributed by atoms with van der Waals surface area (Å²) in [4.78, 5) is 14.0. The average Bonchev–Trinajstić information content (AvgIpc) is 3.05. The van der Waals surface area contributed by atoms with Gasteiger partial charge in [0.15, 0.2) is 0 Å². The number of nitrogens with one attached hydrogen (secondary N) is 1. The van der Waals surface area contributed by atoms with Crippen molar-refractivity contribution in [3.8, 4) is 0 Å². The van der Waals surface area contributed by atoms with Gasteiger partial charge in [0.05, 0.1) is 6.54 Å². The van der Waals surface area contributed by atoms with E-state index in [1.54, 1.807) is 0 Å². The topological polar surface area (TPSA) is 32.3 Å². The Kier molecular flexibility index (Phi) is 4.08. The second-order valence-corrected chi connectivity index (χ2v) is 6.18. The third kappa shape index (κ3) is 3.70. The predicted molar refractivity (Wildman–Crippen MR) is 69.8 cm³/mol. The van der Waals surface area contributed by atoms with E-state index in [1.165, 1.54) is 32.1 Å². The molecule has 98 valence electrons. The normalized spacial score (nSPS) is 33.8. The first-order chi connectivity index (χ1) is 8.06. The van der Waals surface area contributed by atoms with Crippen molar-refractivity contribution in [1.29, 1.82) is 0 Å². The number of hydrogen-bond donors (Lipinski definition) is 1. The molecule has 2 saturated carbocycles. The summed E-state index contributed by atoms with van der Waals surface area (Å²) in [5.41, 5.74) is 0. The Hall–Kier alpha value is -0.570. The molecule has 0 bridgehead atoms. The van der Waals surface area contributed by atoms with Gasteiger partial charge in [-0.3, -0.25) is 9.69 Å². The van der Waals surface area contributed by atoms with Crippen LogP contribution in [0.15, 0.2) is 0 Å². The lowest BCUT2D eigenvalue weighted by molar-refractivity contribution is -0.122. The van der Waals surface area contributed by atoms with Crippen LogP contribution in [0.2, 0.25) is 0 Å². The molecule has 2 aliphatic rings. The molecule has 2 aliphatic carbocycles. The summed E-state index contributed by atoms with van der Waals surface area (Å²) in [7, 11) is 2.10. The largest absolute Gasteiger partial charge is 0.352 e. The molecule has 0 radical (unpaired) electrons. The molecule has 17 heavy (non-hydrogen) atoms. The van der Waals surface area contributed by atoms with Crippen LogP contribution >= 0.6 is 0 Å². The summed E-state index contributed by atoms with van der Waals surface area (Å²) in [5, 5.41) is 3.06. The molecular weight excluding hydrogens is 212 g/mol. The summed E-state index contributed by atoms with van der Waals surface area (Å²) in [6.07, 6.45) is 6.15. The highest BCUT2D eigenvalue weighted by molar-refractivity contribution is 5.78. The highest BCUT2D eigenvalue weighted by Crippen LogP contribution is 2.31. The molecule has 0 aliphatic heterocycles. The van der Waals surface area contributed by atoms with E-state index >= 15 is 0 Å². The van der Waals surface area contributed by atoms with Crippen LogP contribution in [0.5, 0.6) is 0 Å². The van der Waals surface area contributed by atoms with Gasteiger partial charge in [-0.1, -0.05) is 13.8 Å². The van der Waals surface area contributed by atoms with Gasteiger partial charge in [0.1, 0.15) is 0 Å². The molecule has 0 saturated heterocycles. The Morgan fingerprint density at radius 2 is 1.88 bits per heavy atom. The Morgan fingerprint density at radius 1 is 1.18 bits per heavy atom. The maximum atomic E-state index is 11.7. The summed E-state index contributed by atoms with van der Waals surface area (Å²) in [6, 6.07) is 1.09. The number of rotatable bonds is 4. The molecule has 2 fully saturated rings. The molecule has 0 aromatic carbocycles. The van der Waals surface area contributed by atoms with Gasteiger partial charge >= 0.3 is 0 Å². The van der Waals surface area contributed by atoms with Gasteiger partial charge in [0.25, 0.3) is 0 Å². The van der Waals surface area contributed by atoms with Gasteiger partial charge in [0, 0.05) is 12.1 Å². The number of nitrogens with zero attached hydrogens (tertiary/aromatic N) is 1. The van der Waals surface area contributed by atoms with Crippen LogP contribution in [-0.2, 0) is 4.79 Å². The summed E-state index contributed by atoms with van der Waals surface area (Å²) in [5.74, 6) is 1.85. The zero-order chi connectivity index (χ0) is 12.4. The van der Waals surface area contributed by atoms with Crippen molar-refractivity contribution in [2.45, 2.75) is 58.0 Å². The minimum atomic E-state index is 0.210. The quantitative estimate of drug-likeness (QED) is 0.812. The standard InChI is InChI=1S/C14H26N2O/c1-10-4-7-13(8-11(10)2)16(3)9-14(17)15-12-5-6-12/h10-13H,4-9H2,1-3H3,(H,15,17)/t10-,11-,13+/m1/s1. The van der Waals surface area contributed by atoms with Crippen LogP contribution in [0.3, 0.4) is 0 Å². The van der Waals surface area contributed by atoms with E-state index in [4.69, 9.17) is 0 Å². The van der Waals surface area contributed by atoms with Crippen LogP contribution in [-0.4, -0.2) is 36.5 Å². The van der Waals surface area contributed by atoms with E-state index in [2.05, 4.69) is 31.1 Å². The summed E-state index contributed by atoms with van der Waals surface area (Å²) < 4.78 is 0. The molecule has 1 N–H and O–H groups in total. The molecule has 2 rings (SSSR count). The molecule has 3 nitrogen and oxygen atoms in total. The smallest absolute Gasteiger partial charge is 0.234 e. The number of likely N-dealkylation sites (N-methyl/N-ethyl adjacent to an activating group) is 1. The van der Waals surface area contributed by atoms with E-state index < -0.39 is 0 Å². The second kappa shape index (κ2) is 5.38. The van der Waals surface area contributed by atoms with E-state index in [0.29, 0.717) is 18.6 Å². The van der Waals surface area contributed by atoms with Crippen molar-refractivity contribution in [3.63, 3.8) is 0 Å². The molecular formula is C14H26N2O. The zero-order valence-electron chi connectivity index (χ0n) is 11.4. The van der Waals surface area contributed by atoms with Crippen LogP contribution < -0.4 is 5.32 Å². The fourth-order valence-corrected chi connectivity index (χ4v) is 2.78. The summed E-state index contributed by atoms with van der Waals surface area (Å²) in [6.45, 7) is 5.26. The number of amides is 1. The molecule has 1 amide bonds. The van der Waals surface area contributed by atoms with Gasteiger partial charge in [-0.25, -0.2) is 0 Å². The van der Waals surface area contributed by atoms with Gasteiger partial charge in [-0.15, -0.1) is 0 Å². The zero-order valence-corrected chi connectivity index (χ0v) is 11.4. The number of carbonyl (C=O) groups is 1. The van der Waals surface area contributed by atoms with Crippen LogP contribution in [0.4, 0.5) is 0 Å². The molecule has 3 atom stereocenters. The lowest BCUT2D eigenvalue weighted by atomic mass is 9.78. The van der Waals surface area contributed by atoms with Gasteiger partial charge in [-0.05, 0) is 51.0 Å². The molecule has 0 aromatic rings. The first kappa shape index (κ1) is 12.9. The van der Waals surface area contributed by atoms with Crippen molar-refractivity contribution < 1.29 is 4.79 Å². The number of hydrogen-bond acceptors (Lipinski definition) is 2. The molecule has 0 unspecified atom stereocenters. The van der Waals surface area contributed by atoms with Crippen molar-refractivity contribution in [2.75, 3.05) is 13.6 Å². The first-order valence-corrected chi connectivity index (χ1v) is 7.06. The van der Waals surface area contributed by atoms with Gasteiger partial charge < -0.3 is 5.32 Å². The second-order valence-electron chi connectivity index (χ2n) is 6.18. The lowest BCUT2D eigenvalue weighted by Gasteiger charge is -2.37. The average molecular weight is 238 g/mol. The number of carbonyl (C=O) groups excluding carboxylic acids is 1. The Morgan fingerprint density at radius 3 is 2.47 bits per heavy atom. The predicted octanol–water partition coefficient (Wildman–Crippen LogP) is 2.02. The van der Waals surface area contributed by atoms with E-state index in [9.17, 15) is 4.79 Å². The fourth-order valence-electron chi connectivity index (χ4n) is 2.78. The Balaban J connectivity index is 1.74. The maximum absolute atomic E-state index is 11.7. The highest BCUT2D eigenvalue weighted by Gasteiger charge is 2.29. The third-order valence-corrected chi connectivity index (χ3v) is 4.53. The molecule has 3 heteroatoms. The lowest BCUT2D eigenvalue weighted by Crippen LogP contribution is -2.43. The van der Waals surface area contributed by atoms with E-state index in [0.717, 1.165) is 11.8 Å². The van der Waals surface area contributed by atoms with Crippen molar-refractivity contribution in [1.82, 2.24) is 10.2 Å². The monoisotopic (exact) mass is 238 g/mol. The van der Waals surface area contributed by atoms with Crippen LogP contribution in [0, 0.1) is 11.8 Å². The highest BCUT2D eigenvalue weighted by atomic mass is 16.2. The van der Waals surface area contributed by atoms with E-state index in [-0.39, 0.29) is 5.91 Å². The van der Waals surface area contributed by atoms with Crippen LogP contribution in [0.1, 0.15) is 46.0 Å². The van der Waals surface area contributed by atoms with Gasteiger partial charge in [-0.2, -0.15) is 0 Å². The third-order valence-electron chi connectivity index (χ3n) is 4.53. The molecule has 0 spiro atoms. The van der Waals surface area contributed by atoms with Crippen molar-refractivity contribution in [2.24, 2.45) is 11.8 Å². The van der Waals surface area contributed by atoms with E-state index in [1.807, 2.05) is 0 Å². The first-order valence-electron chi connectivity index (χ1n) is 7.06. The van der Waals surface area contributed by atoms with Crippen molar-refractivity contribution >= 4 is 5.91 Å². The maximum Gasteiger partial charge on any atom is 0.234 e. The van der Waals surface area contributed by atoms with Crippen LogP contribution in [0.25, 0.3) is 0 Å². The Bertz CT molecular complexity index is 275.